The van der Waals surface area contributed by atoms with Crippen molar-refractivity contribution >= 4 is 23.1 Å². The Morgan fingerprint density at radius 1 is 1.62 bits per heavy atom. The van der Waals surface area contributed by atoms with Gasteiger partial charge in [-0.3, -0.25) is 4.79 Å². The number of hydrogen-bond donors (Lipinski definition) is 0. The highest BCUT2D eigenvalue weighted by molar-refractivity contribution is 7.08. The molecule has 0 aliphatic rings. The summed E-state index contributed by atoms with van der Waals surface area (Å²) in [5.74, 6) is -2.66. The van der Waals surface area contributed by atoms with E-state index in [0.717, 1.165) is 0 Å². The van der Waals surface area contributed by atoms with Crippen molar-refractivity contribution in [1.82, 2.24) is 0 Å². The maximum atomic E-state index is 11.5. The monoisotopic (exact) mass is 197 g/mol. The zero-order valence-electron chi connectivity index (χ0n) is 7.15. The van der Waals surface area contributed by atoms with E-state index in [2.05, 4.69) is 0 Å². The number of Topliss-reactive ketones (excluding diaryl/α,β-unsaturated/α-hetero) is 1. The van der Waals surface area contributed by atoms with Crippen molar-refractivity contribution < 1.29 is 14.7 Å². The number of carbonyl (C=O) groups is 2. The SMILES string of the molecule is CCC(C(=O)[O-])C(=O)c1ccsc1. The number of carboxylic acids is 1. The largest absolute Gasteiger partial charge is 0.549 e. The van der Waals surface area contributed by atoms with E-state index in [4.69, 9.17) is 0 Å². The first kappa shape index (κ1) is 9.92. The minimum atomic E-state index is -1.29. The summed E-state index contributed by atoms with van der Waals surface area (Å²) in [6.07, 6.45) is 0.275. The van der Waals surface area contributed by atoms with Crippen LogP contribution in [-0.4, -0.2) is 11.8 Å². The van der Waals surface area contributed by atoms with Crippen LogP contribution in [0.2, 0.25) is 0 Å². The lowest BCUT2D eigenvalue weighted by atomic mass is 9.97. The molecule has 1 atom stereocenters. The third-order valence-electron chi connectivity index (χ3n) is 1.81. The quantitative estimate of drug-likeness (QED) is 0.527. The minimum Gasteiger partial charge on any atom is -0.549 e. The van der Waals surface area contributed by atoms with Crippen molar-refractivity contribution in [2.45, 2.75) is 13.3 Å². The number of thiophene rings is 1. The Kier molecular flexibility index (Phi) is 3.19. The summed E-state index contributed by atoms with van der Waals surface area (Å²) < 4.78 is 0. The lowest BCUT2D eigenvalue weighted by Crippen LogP contribution is -2.35. The van der Waals surface area contributed by atoms with Crippen LogP contribution < -0.4 is 5.11 Å². The topological polar surface area (TPSA) is 57.2 Å². The molecule has 0 aromatic carbocycles. The molecule has 70 valence electrons. The predicted octanol–water partition coefficient (Wildman–Crippen LogP) is 0.707. The zero-order valence-corrected chi connectivity index (χ0v) is 7.97. The first-order valence-corrected chi connectivity index (χ1v) is 4.88. The van der Waals surface area contributed by atoms with E-state index >= 15 is 0 Å². The van der Waals surface area contributed by atoms with Crippen LogP contribution in [0.5, 0.6) is 0 Å². The van der Waals surface area contributed by atoms with E-state index in [0.29, 0.717) is 5.56 Å². The van der Waals surface area contributed by atoms with Crippen LogP contribution in [0.1, 0.15) is 23.7 Å². The van der Waals surface area contributed by atoms with E-state index in [1.165, 1.54) is 11.3 Å². The van der Waals surface area contributed by atoms with Crippen LogP contribution in [0, 0.1) is 5.92 Å². The lowest BCUT2D eigenvalue weighted by molar-refractivity contribution is -0.309. The summed E-state index contributed by atoms with van der Waals surface area (Å²) in [5, 5.41) is 13.9. The van der Waals surface area contributed by atoms with Crippen LogP contribution in [-0.2, 0) is 4.79 Å². The average molecular weight is 197 g/mol. The zero-order chi connectivity index (χ0) is 9.84. The molecule has 0 spiro atoms. The molecule has 3 nitrogen and oxygen atoms in total. The van der Waals surface area contributed by atoms with Gasteiger partial charge in [-0.1, -0.05) is 6.92 Å². The molecule has 0 aliphatic heterocycles. The number of hydrogen-bond acceptors (Lipinski definition) is 4. The van der Waals surface area contributed by atoms with Gasteiger partial charge in [-0.25, -0.2) is 0 Å². The van der Waals surface area contributed by atoms with Crippen molar-refractivity contribution in [3.05, 3.63) is 22.4 Å². The van der Waals surface area contributed by atoms with E-state index in [1.54, 1.807) is 23.8 Å². The van der Waals surface area contributed by atoms with Crippen molar-refractivity contribution in [2.24, 2.45) is 5.92 Å². The highest BCUT2D eigenvalue weighted by Gasteiger charge is 2.19. The Morgan fingerprint density at radius 3 is 2.69 bits per heavy atom. The number of aliphatic carboxylic acids is 1. The molecule has 4 heteroatoms. The van der Waals surface area contributed by atoms with E-state index in [-0.39, 0.29) is 12.2 Å². The second-order valence-corrected chi connectivity index (χ2v) is 3.44. The fourth-order valence-electron chi connectivity index (χ4n) is 1.06. The smallest absolute Gasteiger partial charge is 0.172 e. The fraction of sp³-hybridized carbons (Fsp3) is 0.333. The molecule has 1 aromatic rings. The summed E-state index contributed by atoms with van der Waals surface area (Å²) in [5.41, 5.74) is 0.459. The molecule has 1 aromatic heterocycles. The van der Waals surface area contributed by atoms with Gasteiger partial charge in [0, 0.05) is 10.9 Å². The molecule has 0 N–H and O–H groups in total. The second kappa shape index (κ2) is 4.18. The molecule has 0 amide bonds. The minimum absolute atomic E-state index is 0.275. The third kappa shape index (κ3) is 2.15. The van der Waals surface area contributed by atoms with E-state index in [9.17, 15) is 14.7 Å². The van der Waals surface area contributed by atoms with Gasteiger partial charge in [0.15, 0.2) is 5.78 Å². The summed E-state index contributed by atoms with van der Waals surface area (Å²) in [7, 11) is 0. The first-order valence-electron chi connectivity index (χ1n) is 3.94. The summed E-state index contributed by atoms with van der Waals surface area (Å²) >= 11 is 1.37. The number of ketones is 1. The maximum absolute atomic E-state index is 11.5. The van der Waals surface area contributed by atoms with Gasteiger partial charge in [0.2, 0.25) is 0 Å². The van der Waals surface area contributed by atoms with Gasteiger partial charge in [-0.15, -0.1) is 0 Å². The molecule has 0 saturated carbocycles. The third-order valence-corrected chi connectivity index (χ3v) is 2.50. The van der Waals surface area contributed by atoms with Gasteiger partial charge >= 0.3 is 0 Å². The van der Waals surface area contributed by atoms with Crippen molar-refractivity contribution in [2.75, 3.05) is 0 Å². The number of carbonyl (C=O) groups excluding carboxylic acids is 2. The Hall–Kier alpha value is -1.16. The van der Waals surface area contributed by atoms with Crippen LogP contribution in [0.3, 0.4) is 0 Å². The van der Waals surface area contributed by atoms with Crippen molar-refractivity contribution in [3.8, 4) is 0 Å². The maximum Gasteiger partial charge on any atom is 0.172 e. The summed E-state index contributed by atoms with van der Waals surface area (Å²) in [6, 6.07) is 1.62. The van der Waals surface area contributed by atoms with Crippen molar-refractivity contribution in [3.63, 3.8) is 0 Å². The lowest BCUT2D eigenvalue weighted by Gasteiger charge is -2.13. The average Bonchev–Trinajstić information content (AvgIpc) is 2.56. The molecule has 0 aliphatic carbocycles. The fourth-order valence-corrected chi connectivity index (χ4v) is 1.71. The van der Waals surface area contributed by atoms with Crippen molar-refractivity contribution in [1.29, 1.82) is 0 Å². The molecule has 1 rings (SSSR count). The predicted molar refractivity (Wildman–Crippen MR) is 47.4 cm³/mol. The Labute approximate surface area is 80.0 Å². The van der Waals surface area contributed by atoms with Crippen LogP contribution in [0.25, 0.3) is 0 Å². The van der Waals surface area contributed by atoms with E-state index in [1.807, 2.05) is 0 Å². The Bertz CT molecular complexity index is 303. The number of carboxylic acid groups (broad SMARTS) is 1. The van der Waals surface area contributed by atoms with Gasteiger partial charge in [0.1, 0.15) is 0 Å². The molecule has 0 radical (unpaired) electrons. The standard InChI is InChI=1S/C9H10O3S/c1-2-7(9(11)12)8(10)6-3-4-13-5-6/h3-5,7H,2H2,1H3,(H,11,12)/p-1. The Balaban J connectivity index is 2.83. The molecule has 0 fully saturated rings. The number of rotatable bonds is 4. The first-order chi connectivity index (χ1) is 6.16. The molecular weight excluding hydrogens is 188 g/mol. The van der Waals surface area contributed by atoms with E-state index < -0.39 is 11.9 Å². The van der Waals surface area contributed by atoms with Crippen LogP contribution >= 0.6 is 11.3 Å². The van der Waals surface area contributed by atoms with Gasteiger partial charge < -0.3 is 9.90 Å². The van der Waals surface area contributed by atoms with Gasteiger partial charge in [0.25, 0.3) is 0 Å². The van der Waals surface area contributed by atoms with Gasteiger partial charge in [0.05, 0.1) is 11.9 Å². The molecule has 0 saturated heterocycles. The normalized spacial score (nSPS) is 12.4. The van der Waals surface area contributed by atoms with Crippen LogP contribution in [0.4, 0.5) is 0 Å². The molecule has 1 unspecified atom stereocenters. The highest BCUT2D eigenvalue weighted by atomic mass is 32.1. The van der Waals surface area contributed by atoms with Gasteiger partial charge in [-0.2, -0.15) is 11.3 Å². The van der Waals surface area contributed by atoms with Gasteiger partial charge in [-0.05, 0) is 17.9 Å². The summed E-state index contributed by atoms with van der Waals surface area (Å²) in [6.45, 7) is 1.66. The molecular formula is C9H9O3S-. The molecule has 13 heavy (non-hydrogen) atoms. The molecule has 0 bridgehead atoms. The molecule has 1 heterocycles. The highest BCUT2D eigenvalue weighted by Crippen LogP contribution is 2.14. The second-order valence-electron chi connectivity index (χ2n) is 2.66. The summed E-state index contributed by atoms with van der Waals surface area (Å²) in [4.78, 5) is 22.0. The Morgan fingerprint density at radius 2 is 2.31 bits per heavy atom. The van der Waals surface area contributed by atoms with Crippen LogP contribution in [0.15, 0.2) is 16.8 Å².